The second kappa shape index (κ2) is 4.19. The van der Waals surface area contributed by atoms with Crippen LogP contribution < -0.4 is 15.8 Å². The number of sulfonamides is 1. The molecule has 0 radical (unpaired) electrons. The van der Waals surface area contributed by atoms with E-state index in [1.165, 1.54) is 6.07 Å². The number of benzene rings is 1. The van der Waals surface area contributed by atoms with Crippen LogP contribution in [0.3, 0.4) is 0 Å². The summed E-state index contributed by atoms with van der Waals surface area (Å²) in [4.78, 5) is 2.23. The van der Waals surface area contributed by atoms with E-state index in [1.54, 1.807) is 12.1 Å². The van der Waals surface area contributed by atoms with Crippen LogP contribution >= 0.6 is 0 Å². The van der Waals surface area contributed by atoms with E-state index in [4.69, 9.17) is 10.9 Å². The molecule has 1 aromatic carbocycles. The number of nitrogen functional groups attached to an aromatic ring is 1. The first-order valence-corrected chi connectivity index (χ1v) is 7.12. The number of nitrogens with zero attached hydrogens (tertiary/aromatic N) is 1. The second-order valence-corrected chi connectivity index (χ2v) is 6.05. The predicted molar refractivity (Wildman–Crippen MR) is 68.3 cm³/mol. The van der Waals surface area contributed by atoms with Crippen LogP contribution in [0.1, 0.15) is 19.8 Å². The van der Waals surface area contributed by atoms with Crippen LogP contribution in [0.15, 0.2) is 23.1 Å². The highest BCUT2D eigenvalue weighted by Crippen LogP contribution is 2.29. The average Bonchev–Trinajstić information content (AvgIpc) is 2.62. The number of hydrogen-bond donors (Lipinski definition) is 2. The maximum Gasteiger partial charge on any atom is 0.238 e. The lowest BCUT2D eigenvalue weighted by molar-refractivity contribution is 0.597. The Bertz CT molecular complexity index is 528. The summed E-state index contributed by atoms with van der Waals surface area (Å²) in [7, 11) is -3.70. The van der Waals surface area contributed by atoms with Gasteiger partial charge in [-0.1, -0.05) is 0 Å². The molecule has 1 saturated heterocycles. The average molecular weight is 255 g/mol. The topological polar surface area (TPSA) is 89.4 Å². The molecular formula is C11H17N3O2S. The molecule has 5 nitrogen and oxygen atoms in total. The van der Waals surface area contributed by atoms with Crippen molar-refractivity contribution in [1.82, 2.24) is 0 Å². The highest BCUT2D eigenvalue weighted by Gasteiger charge is 2.22. The van der Waals surface area contributed by atoms with Crippen LogP contribution in [0.4, 0.5) is 11.4 Å². The summed E-state index contributed by atoms with van der Waals surface area (Å²) < 4.78 is 22.7. The van der Waals surface area contributed by atoms with Gasteiger partial charge in [0.25, 0.3) is 0 Å². The van der Waals surface area contributed by atoms with Gasteiger partial charge in [-0.15, -0.1) is 0 Å². The number of nitrogens with two attached hydrogens (primary N) is 2. The van der Waals surface area contributed by atoms with Crippen molar-refractivity contribution in [3.63, 3.8) is 0 Å². The number of rotatable bonds is 2. The van der Waals surface area contributed by atoms with Crippen LogP contribution in [-0.2, 0) is 10.0 Å². The lowest BCUT2D eigenvalue weighted by Gasteiger charge is -2.24. The summed E-state index contributed by atoms with van der Waals surface area (Å²) in [5.41, 5.74) is 6.98. The molecule has 0 amide bonds. The second-order valence-electron chi connectivity index (χ2n) is 4.49. The Labute approximate surface area is 101 Å². The maximum absolute atomic E-state index is 11.3. The van der Waals surface area contributed by atoms with Gasteiger partial charge in [-0.25, -0.2) is 13.6 Å². The number of hydrogen-bond acceptors (Lipinski definition) is 4. The van der Waals surface area contributed by atoms with Gasteiger partial charge >= 0.3 is 0 Å². The molecule has 1 unspecified atom stereocenters. The Morgan fingerprint density at radius 1 is 1.35 bits per heavy atom. The van der Waals surface area contributed by atoms with Crippen molar-refractivity contribution in [3.05, 3.63) is 18.2 Å². The van der Waals surface area contributed by atoms with Crippen LogP contribution in [0.25, 0.3) is 0 Å². The first kappa shape index (κ1) is 12.2. The van der Waals surface area contributed by atoms with Crippen molar-refractivity contribution < 1.29 is 8.42 Å². The highest BCUT2D eigenvalue weighted by molar-refractivity contribution is 7.89. The zero-order valence-corrected chi connectivity index (χ0v) is 10.6. The lowest BCUT2D eigenvalue weighted by Crippen LogP contribution is -2.26. The Balaban J connectivity index is 2.45. The monoisotopic (exact) mass is 255 g/mol. The summed E-state index contributed by atoms with van der Waals surface area (Å²) in [6.45, 7) is 3.04. The van der Waals surface area contributed by atoms with Gasteiger partial charge in [-0.05, 0) is 38.0 Å². The number of primary sulfonamides is 1. The van der Waals surface area contributed by atoms with Crippen molar-refractivity contribution in [2.75, 3.05) is 17.2 Å². The third kappa shape index (κ3) is 2.53. The molecule has 0 aliphatic carbocycles. The lowest BCUT2D eigenvalue weighted by atomic mass is 10.2. The van der Waals surface area contributed by atoms with Gasteiger partial charge in [0.15, 0.2) is 0 Å². The first-order chi connectivity index (χ1) is 7.88. The van der Waals surface area contributed by atoms with Crippen molar-refractivity contribution in [2.24, 2.45) is 5.14 Å². The van der Waals surface area contributed by atoms with Crippen LogP contribution in [0.2, 0.25) is 0 Å². The molecule has 0 spiro atoms. The third-order valence-corrected chi connectivity index (χ3v) is 4.02. The van der Waals surface area contributed by atoms with Crippen molar-refractivity contribution in [1.29, 1.82) is 0 Å². The minimum absolute atomic E-state index is 0.0756. The van der Waals surface area contributed by atoms with Gasteiger partial charge < -0.3 is 10.6 Å². The van der Waals surface area contributed by atoms with Gasteiger partial charge in [0.2, 0.25) is 10.0 Å². The molecular weight excluding hydrogens is 238 g/mol. The molecule has 0 bridgehead atoms. The van der Waals surface area contributed by atoms with E-state index >= 15 is 0 Å². The molecule has 6 heteroatoms. The molecule has 1 aliphatic heterocycles. The molecule has 1 heterocycles. The summed E-state index contributed by atoms with van der Waals surface area (Å²) >= 11 is 0. The minimum Gasteiger partial charge on any atom is -0.399 e. The van der Waals surface area contributed by atoms with Crippen LogP contribution in [0.5, 0.6) is 0 Å². The summed E-state index contributed by atoms with van der Waals surface area (Å²) in [5.74, 6) is 0. The van der Waals surface area contributed by atoms with Crippen molar-refractivity contribution in [3.8, 4) is 0 Å². The SMILES string of the molecule is CC1CCCN1c1cc(N)cc(S(N)(=O)=O)c1. The van der Waals surface area contributed by atoms with Crippen LogP contribution in [-0.4, -0.2) is 21.0 Å². The Morgan fingerprint density at radius 3 is 2.59 bits per heavy atom. The third-order valence-electron chi connectivity index (χ3n) is 3.13. The molecule has 1 fully saturated rings. The zero-order valence-electron chi connectivity index (χ0n) is 9.76. The fourth-order valence-electron chi connectivity index (χ4n) is 2.25. The van der Waals surface area contributed by atoms with E-state index in [-0.39, 0.29) is 4.90 Å². The molecule has 0 saturated carbocycles. The quantitative estimate of drug-likeness (QED) is 0.768. The van der Waals surface area contributed by atoms with Crippen molar-refractivity contribution in [2.45, 2.75) is 30.7 Å². The Hall–Kier alpha value is -1.27. The fourth-order valence-corrected chi connectivity index (χ4v) is 2.84. The van der Waals surface area contributed by atoms with E-state index in [9.17, 15) is 8.42 Å². The molecule has 1 aliphatic rings. The van der Waals surface area contributed by atoms with E-state index < -0.39 is 10.0 Å². The summed E-state index contributed by atoms with van der Waals surface area (Å²) in [5, 5.41) is 5.13. The Kier molecular flexibility index (Phi) is 3.01. The largest absolute Gasteiger partial charge is 0.399 e. The highest BCUT2D eigenvalue weighted by atomic mass is 32.2. The molecule has 17 heavy (non-hydrogen) atoms. The van der Waals surface area contributed by atoms with Crippen molar-refractivity contribution >= 4 is 21.4 Å². The van der Waals surface area contributed by atoms with E-state index in [2.05, 4.69) is 11.8 Å². The van der Waals surface area contributed by atoms with E-state index in [1.807, 2.05) is 0 Å². The molecule has 94 valence electrons. The maximum atomic E-state index is 11.3. The van der Waals surface area contributed by atoms with Gasteiger partial charge in [-0.3, -0.25) is 0 Å². The van der Waals surface area contributed by atoms with Crippen LogP contribution in [0, 0.1) is 0 Å². The molecule has 2 rings (SSSR count). The van der Waals surface area contributed by atoms with Gasteiger partial charge in [-0.2, -0.15) is 0 Å². The number of anilines is 2. The van der Waals surface area contributed by atoms with E-state index in [0.29, 0.717) is 11.7 Å². The van der Waals surface area contributed by atoms with Gasteiger partial charge in [0.05, 0.1) is 4.90 Å². The zero-order chi connectivity index (χ0) is 12.6. The normalized spacial score (nSPS) is 20.8. The molecule has 0 aromatic heterocycles. The van der Waals surface area contributed by atoms with Gasteiger partial charge in [0.1, 0.15) is 0 Å². The Morgan fingerprint density at radius 2 is 2.06 bits per heavy atom. The molecule has 1 atom stereocenters. The standard InChI is InChI=1S/C11H17N3O2S/c1-8-3-2-4-14(8)10-5-9(12)6-11(7-10)17(13,15)16/h5-8H,2-4,12H2,1H3,(H2,13,15,16). The summed E-state index contributed by atoms with van der Waals surface area (Å²) in [6, 6.07) is 5.17. The van der Waals surface area contributed by atoms with Gasteiger partial charge in [0, 0.05) is 24.0 Å². The smallest absolute Gasteiger partial charge is 0.238 e. The molecule has 1 aromatic rings. The minimum atomic E-state index is -3.70. The fraction of sp³-hybridized carbons (Fsp3) is 0.455. The summed E-state index contributed by atoms with van der Waals surface area (Å²) in [6.07, 6.45) is 2.22. The van der Waals surface area contributed by atoms with E-state index in [0.717, 1.165) is 25.1 Å². The first-order valence-electron chi connectivity index (χ1n) is 5.58. The predicted octanol–water partition coefficient (Wildman–Crippen LogP) is 0.905. The molecule has 4 N–H and O–H groups in total.